The van der Waals surface area contributed by atoms with E-state index in [1.54, 1.807) is 7.05 Å². The van der Waals surface area contributed by atoms with E-state index in [-0.39, 0.29) is 6.17 Å². The molecule has 5 nitrogen and oxygen atoms in total. The van der Waals surface area contributed by atoms with Crippen LogP contribution in [0.15, 0.2) is 21.6 Å². The summed E-state index contributed by atoms with van der Waals surface area (Å²) in [6.07, 6.45) is 3.47. The van der Waals surface area contributed by atoms with Gasteiger partial charge in [-0.05, 0) is 13.5 Å². The minimum atomic E-state index is 0.218. The maximum atomic E-state index is 4.45. The Hall–Kier alpha value is -1.36. The molecule has 2 aliphatic rings. The van der Waals surface area contributed by atoms with E-state index in [0.29, 0.717) is 0 Å². The van der Waals surface area contributed by atoms with Gasteiger partial charge in [-0.25, -0.2) is 0 Å². The normalized spacial score (nSPS) is 29.9. The molecule has 16 heavy (non-hydrogen) atoms. The molecule has 5 heteroatoms. The molecule has 0 amide bonds. The summed E-state index contributed by atoms with van der Waals surface area (Å²) in [4.78, 5) is 11.0. The first-order chi connectivity index (χ1) is 7.76. The number of rotatable bonds is 2. The van der Waals surface area contributed by atoms with Gasteiger partial charge >= 0.3 is 0 Å². The van der Waals surface area contributed by atoms with Crippen molar-refractivity contribution >= 4 is 11.8 Å². The first-order valence-electron chi connectivity index (χ1n) is 5.71. The highest BCUT2D eigenvalue weighted by Crippen LogP contribution is 2.17. The quantitative estimate of drug-likeness (QED) is 0.699. The van der Waals surface area contributed by atoms with E-state index in [9.17, 15) is 0 Å². The van der Waals surface area contributed by atoms with Crippen molar-refractivity contribution in [3.63, 3.8) is 0 Å². The molecular weight excluding hydrogens is 202 g/mol. The van der Waals surface area contributed by atoms with Crippen molar-refractivity contribution in [2.24, 2.45) is 9.98 Å². The predicted octanol–water partition coefficient (Wildman–Crippen LogP) is 0.171. The number of nitrogens with zero attached hydrogens (tertiary/aromatic N) is 3. The third kappa shape index (κ3) is 1.95. The van der Waals surface area contributed by atoms with Crippen molar-refractivity contribution in [2.75, 3.05) is 27.2 Å². The van der Waals surface area contributed by atoms with Crippen LogP contribution in [0.5, 0.6) is 0 Å². The number of likely N-dealkylation sites (N-methyl/N-ethyl adjacent to an activating group) is 1. The molecule has 1 unspecified atom stereocenters. The third-order valence-electron chi connectivity index (χ3n) is 2.84. The predicted molar refractivity (Wildman–Crippen MR) is 66.7 cm³/mol. The van der Waals surface area contributed by atoms with E-state index in [0.717, 1.165) is 31.3 Å². The van der Waals surface area contributed by atoms with Crippen LogP contribution in [0.4, 0.5) is 0 Å². The van der Waals surface area contributed by atoms with Crippen molar-refractivity contribution in [2.45, 2.75) is 19.5 Å². The van der Waals surface area contributed by atoms with E-state index in [2.05, 4.69) is 45.6 Å². The van der Waals surface area contributed by atoms with Gasteiger partial charge in [0.05, 0.1) is 0 Å². The molecule has 0 spiro atoms. The highest BCUT2D eigenvalue weighted by atomic mass is 15.4. The molecule has 0 aromatic heterocycles. The molecular formula is C11H19N5. The fourth-order valence-corrected chi connectivity index (χ4v) is 1.95. The number of hydrogen-bond acceptors (Lipinski definition) is 3. The molecule has 0 bridgehead atoms. The number of hydrogen-bond donors (Lipinski definition) is 2. The van der Waals surface area contributed by atoms with Gasteiger partial charge in [-0.3, -0.25) is 14.9 Å². The van der Waals surface area contributed by atoms with Gasteiger partial charge in [0, 0.05) is 25.7 Å². The topological polar surface area (TPSA) is 52.0 Å². The SMILES string of the molecule is CCCN=C1NC(=NC)C2=CCN(C)C2N1. The summed E-state index contributed by atoms with van der Waals surface area (Å²) in [6, 6.07) is 0. The zero-order chi connectivity index (χ0) is 11.5. The zero-order valence-electron chi connectivity index (χ0n) is 10.1. The van der Waals surface area contributed by atoms with Gasteiger partial charge < -0.3 is 10.6 Å². The number of fused-ring (bicyclic) bond motifs is 1. The lowest BCUT2D eigenvalue weighted by Crippen LogP contribution is -2.58. The summed E-state index contributed by atoms with van der Waals surface area (Å²) in [6.45, 7) is 3.91. The smallest absolute Gasteiger partial charge is 0.198 e. The molecule has 2 heterocycles. The Morgan fingerprint density at radius 3 is 3.06 bits per heavy atom. The van der Waals surface area contributed by atoms with E-state index < -0.39 is 0 Å². The molecule has 88 valence electrons. The van der Waals surface area contributed by atoms with Gasteiger partial charge in [0.15, 0.2) is 5.96 Å². The summed E-state index contributed by atoms with van der Waals surface area (Å²) < 4.78 is 0. The summed E-state index contributed by atoms with van der Waals surface area (Å²) in [5, 5.41) is 6.60. The third-order valence-corrected chi connectivity index (χ3v) is 2.84. The first kappa shape index (κ1) is 11.1. The van der Waals surface area contributed by atoms with Crippen LogP contribution in [0, 0.1) is 0 Å². The molecule has 0 radical (unpaired) electrons. The maximum Gasteiger partial charge on any atom is 0.198 e. The Bertz CT molecular complexity index is 355. The van der Waals surface area contributed by atoms with Gasteiger partial charge in [0.2, 0.25) is 0 Å². The van der Waals surface area contributed by atoms with Gasteiger partial charge in [-0.15, -0.1) is 0 Å². The lowest BCUT2D eigenvalue weighted by atomic mass is 10.1. The number of amidine groups is 1. The molecule has 1 saturated heterocycles. The summed E-state index contributed by atoms with van der Waals surface area (Å²) in [7, 11) is 3.90. The van der Waals surface area contributed by atoms with Crippen molar-refractivity contribution in [1.82, 2.24) is 15.5 Å². The average molecular weight is 221 g/mol. The second-order valence-corrected chi connectivity index (χ2v) is 4.07. The fraction of sp³-hybridized carbons (Fsp3) is 0.636. The molecule has 0 aromatic carbocycles. The van der Waals surface area contributed by atoms with Crippen molar-refractivity contribution in [1.29, 1.82) is 0 Å². The lowest BCUT2D eigenvalue weighted by molar-refractivity contribution is 0.308. The molecule has 0 aliphatic carbocycles. The average Bonchev–Trinajstić information content (AvgIpc) is 2.68. The minimum Gasteiger partial charge on any atom is -0.336 e. The second kappa shape index (κ2) is 4.65. The highest BCUT2D eigenvalue weighted by molar-refractivity contribution is 6.12. The van der Waals surface area contributed by atoms with Crippen LogP contribution in [0.2, 0.25) is 0 Å². The maximum absolute atomic E-state index is 4.45. The minimum absolute atomic E-state index is 0.218. The molecule has 0 saturated carbocycles. The van der Waals surface area contributed by atoms with E-state index >= 15 is 0 Å². The Kier molecular flexibility index (Phi) is 3.24. The highest BCUT2D eigenvalue weighted by Gasteiger charge is 2.32. The van der Waals surface area contributed by atoms with Crippen LogP contribution in [0.25, 0.3) is 0 Å². The van der Waals surface area contributed by atoms with Gasteiger partial charge in [-0.2, -0.15) is 0 Å². The number of nitrogens with one attached hydrogen (secondary N) is 2. The van der Waals surface area contributed by atoms with Crippen molar-refractivity contribution < 1.29 is 0 Å². The Balaban J connectivity index is 2.18. The van der Waals surface area contributed by atoms with Gasteiger partial charge in [0.25, 0.3) is 0 Å². The van der Waals surface area contributed by atoms with E-state index in [4.69, 9.17) is 0 Å². The van der Waals surface area contributed by atoms with Gasteiger partial charge in [-0.1, -0.05) is 13.0 Å². The summed E-state index contributed by atoms with van der Waals surface area (Å²) in [5.74, 6) is 1.77. The van der Waals surface area contributed by atoms with E-state index in [1.807, 2.05) is 0 Å². The van der Waals surface area contributed by atoms with Crippen LogP contribution in [0.3, 0.4) is 0 Å². The molecule has 0 aromatic rings. The lowest BCUT2D eigenvalue weighted by Gasteiger charge is -2.31. The fourth-order valence-electron chi connectivity index (χ4n) is 1.95. The largest absolute Gasteiger partial charge is 0.336 e. The Morgan fingerprint density at radius 1 is 1.56 bits per heavy atom. The van der Waals surface area contributed by atoms with Crippen LogP contribution < -0.4 is 10.6 Å². The van der Waals surface area contributed by atoms with Crippen LogP contribution in [-0.2, 0) is 0 Å². The molecule has 1 atom stereocenters. The standard InChI is InChI=1S/C11H19N5/c1-4-6-13-11-14-9(12-2)8-5-7-16(3)10(8)15-11/h5,10H,4,6-7H2,1-3H3,(H2,12,13,14,15). The van der Waals surface area contributed by atoms with Gasteiger partial charge in [0.1, 0.15) is 12.0 Å². The Morgan fingerprint density at radius 2 is 2.38 bits per heavy atom. The first-order valence-corrected chi connectivity index (χ1v) is 5.71. The van der Waals surface area contributed by atoms with Crippen molar-refractivity contribution in [3.05, 3.63) is 11.6 Å². The van der Waals surface area contributed by atoms with Crippen molar-refractivity contribution in [3.8, 4) is 0 Å². The molecule has 2 aliphatic heterocycles. The summed E-state index contributed by atoms with van der Waals surface area (Å²) in [5.41, 5.74) is 1.22. The Labute approximate surface area is 96.3 Å². The van der Waals surface area contributed by atoms with Crippen LogP contribution in [-0.4, -0.2) is 50.0 Å². The zero-order valence-corrected chi connectivity index (χ0v) is 10.1. The van der Waals surface area contributed by atoms with Crippen LogP contribution >= 0.6 is 0 Å². The summed E-state index contributed by atoms with van der Waals surface area (Å²) >= 11 is 0. The van der Waals surface area contributed by atoms with Crippen LogP contribution in [0.1, 0.15) is 13.3 Å². The molecule has 1 fully saturated rings. The van der Waals surface area contributed by atoms with E-state index in [1.165, 1.54) is 5.57 Å². The molecule has 2 N–H and O–H groups in total. The number of aliphatic imine (C=N–C) groups is 2. The second-order valence-electron chi connectivity index (χ2n) is 4.07. The monoisotopic (exact) mass is 221 g/mol. The molecule has 2 rings (SSSR count). The number of guanidine groups is 1.